The lowest BCUT2D eigenvalue weighted by molar-refractivity contribution is 0.262. The molecule has 88 valence electrons. The highest BCUT2D eigenvalue weighted by Crippen LogP contribution is 2.15. The third-order valence-corrected chi connectivity index (χ3v) is 1.86. The molecule has 1 aromatic heterocycles. The molecule has 0 aliphatic carbocycles. The summed E-state index contributed by atoms with van der Waals surface area (Å²) in [6.07, 6.45) is 1.26. The first-order chi connectivity index (χ1) is 8.15. The van der Waals surface area contributed by atoms with Crippen LogP contribution < -0.4 is 10.6 Å². The van der Waals surface area contributed by atoms with Gasteiger partial charge in [-0.1, -0.05) is 5.16 Å². The van der Waals surface area contributed by atoms with E-state index in [1.165, 1.54) is 12.3 Å². The summed E-state index contributed by atoms with van der Waals surface area (Å²) in [6, 6.07) is 3.40. The molecule has 0 saturated carbocycles. The Kier molecular flexibility index (Phi) is 2.99. The van der Waals surface area contributed by atoms with E-state index in [1.807, 2.05) is 0 Å². The number of halogens is 2. The highest BCUT2D eigenvalue weighted by Gasteiger charge is 2.09. The van der Waals surface area contributed by atoms with Crippen molar-refractivity contribution in [1.82, 2.24) is 5.16 Å². The number of rotatable bonds is 2. The van der Waals surface area contributed by atoms with Crippen molar-refractivity contribution in [3.05, 3.63) is 42.2 Å². The van der Waals surface area contributed by atoms with Crippen LogP contribution in [-0.2, 0) is 0 Å². The molecule has 0 unspecified atom stereocenters. The van der Waals surface area contributed by atoms with Gasteiger partial charge >= 0.3 is 6.03 Å². The number of benzene rings is 1. The summed E-state index contributed by atoms with van der Waals surface area (Å²) in [5.74, 6) is -1.22. The molecule has 0 aliphatic heterocycles. The van der Waals surface area contributed by atoms with Gasteiger partial charge in [-0.2, -0.15) is 0 Å². The molecular weight excluding hydrogens is 232 g/mol. The van der Waals surface area contributed by atoms with Crippen LogP contribution in [0.5, 0.6) is 0 Å². The molecule has 2 N–H and O–H groups in total. The number of amides is 2. The van der Waals surface area contributed by atoms with E-state index in [9.17, 15) is 13.6 Å². The fourth-order valence-electron chi connectivity index (χ4n) is 1.14. The van der Waals surface area contributed by atoms with Gasteiger partial charge in [-0.05, 0) is 12.1 Å². The first kappa shape index (κ1) is 11.1. The molecule has 2 rings (SSSR count). The van der Waals surface area contributed by atoms with Crippen molar-refractivity contribution in [3.63, 3.8) is 0 Å². The van der Waals surface area contributed by atoms with Crippen LogP contribution in [0.15, 0.2) is 35.1 Å². The molecule has 0 fully saturated rings. The maximum Gasteiger partial charge on any atom is 0.325 e. The van der Waals surface area contributed by atoms with E-state index < -0.39 is 17.7 Å². The van der Waals surface area contributed by atoms with Crippen molar-refractivity contribution in [2.24, 2.45) is 0 Å². The molecule has 0 bridgehead atoms. The molecule has 7 heteroatoms. The molecule has 0 atom stereocenters. The molecule has 2 amide bonds. The van der Waals surface area contributed by atoms with Gasteiger partial charge in [0.25, 0.3) is 0 Å². The molecule has 2 aromatic rings. The maximum absolute atomic E-state index is 13.2. The Morgan fingerprint density at radius 2 is 2.06 bits per heavy atom. The number of aromatic nitrogens is 1. The molecule has 0 radical (unpaired) electrons. The summed E-state index contributed by atoms with van der Waals surface area (Å²) in [5.41, 5.74) is -0.258. The van der Waals surface area contributed by atoms with Gasteiger partial charge in [-0.3, -0.25) is 5.32 Å². The van der Waals surface area contributed by atoms with Crippen LogP contribution in [0.1, 0.15) is 0 Å². The maximum atomic E-state index is 13.2. The molecule has 1 aromatic carbocycles. The lowest BCUT2D eigenvalue weighted by atomic mass is 10.3. The number of hydrogen-bond donors (Lipinski definition) is 2. The van der Waals surface area contributed by atoms with Gasteiger partial charge in [0, 0.05) is 12.1 Å². The van der Waals surface area contributed by atoms with Crippen molar-refractivity contribution in [1.29, 1.82) is 0 Å². The van der Waals surface area contributed by atoms with Crippen LogP contribution >= 0.6 is 0 Å². The third kappa shape index (κ3) is 2.77. The minimum absolute atomic E-state index is 0.166. The number of carbonyl (C=O) groups is 1. The lowest BCUT2D eigenvalue weighted by Crippen LogP contribution is -2.20. The summed E-state index contributed by atoms with van der Waals surface area (Å²) in [4.78, 5) is 11.4. The van der Waals surface area contributed by atoms with E-state index in [-0.39, 0.29) is 11.5 Å². The van der Waals surface area contributed by atoms with Crippen LogP contribution in [0.2, 0.25) is 0 Å². The van der Waals surface area contributed by atoms with Crippen molar-refractivity contribution in [2.75, 3.05) is 10.6 Å². The molecule has 17 heavy (non-hydrogen) atoms. The summed E-state index contributed by atoms with van der Waals surface area (Å²) in [5, 5.41) is 7.84. The standard InChI is InChI=1S/C10H7F2N3O2/c11-6-1-2-7(12)8(5-6)13-10(16)14-9-3-4-17-15-9/h1-5H,(H2,13,14,15,16). The Morgan fingerprint density at radius 3 is 2.76 bits per heavy atom. The molecule has 1 heterocycles. The summed E-state index contributed by atoms with van der Waals surface area (Å²) in [6.45, 7) is 0. The van der Waals surface area contributed by atoms with E-state index in [2.05, 4.69) is 20.3 Å². The van der Waals surface area contributed by atoms with E-state index in [1.54, 1.807) is 0 Å². The van der Waals surface area contributed by atoms with E-state index in [0.717, 1.165) is 18.2 Å². The zero-order valence-electron chi connectivity index (χ0n) is 8.41. The molecule has 5 nitrogen and oxygen atoms in total. The second kappa shape index (κ2) is 4.60. The number of hydrogen-bond acceptors (Lipinski definition) is 3. The van der Waals surface area contributed by atoms with Crippen molar-refractivity contribution >= 4 is 17.5 Å². The van der Waals surface area contributed by atoms with Gasteiger partial charge in [0.1, 0.15) is 17.9 Å². The average molecular weight is 239 g/mol. The Morgan fingerprint density at radius 1 is 1.24 bits per heavy atom. The molecule has 0 aliphatic rings. The van der Waals surface area contributed by atoms with E-state index in [0.29, 0.717) is 0 Å². The minimum atomic E-state index is -0.747. The predicted molar refractivity (Wildman–Crippen MR) is 55.5 cm³/mol. The van der Waals surface area contributed by atoms with Crippen molar-refractivity contribution in [3.8, 4) is 0 Å². The Hall–Kier alpha value is -2.44. The Bertz CT molecular complexity index is 528. The smallest absolute Gasteiger partial charge is 0.325 e. The van der Waals surface area contributed by atoms with Crippen molar-refractivity contribution in [2.45, 2.75) is 0 Å². The van der Waals surface area contributed by atoms with Gasteiger partial charge < -0.3 is 9.84 Å². The van der Waals surface area contributed by atoms with Gasteiger partial charge in [-0.15, -0.1) is 0 Å². The van der Waals surface area contributed by atoms with Crippen LogP contribution in [-0.4, -0.2) is 11.2 Å². The fraction of sp³-hybridized carbons (Fsp3) is 0. The predicted octanol–water partition coefficient (Wildman–Crippen LogP) is 2.60. The summed E-state index contributed by atoms with van der Waals surface area (Å²) < 4.78 is 30.5. The number of nitrogens with one attached hydrogen (secondary N) is 2. The van der Waals surface area contributed by atoms with Crippen molar-refractivity contribution < 1.29 is 18.1 Å². The highest BCUT2D eigenvalue weighted by molar-refractivity contribution is 5.99. The van der Waals surface area contributed by atoms with E-state index >= 15 is 0 Å². The zero-order chi connectivity index (χ0) is 12.3. The lowest BCUT2D eigenvalue weighted by Gasteiger charge is -2.06. The number of urea groups is 1. The summed E-state index contributed by atoms with van der Waals surface area (Å²) >= 11 is 0. The van der Waals surface area contributed by atoms with Gasteiger partial charge in [0.05, 0.1) is 5.69 Å². The van der Waals surface area contributed by atoms with Crippen LogP contribution in [0.4, 0.5) is 25.1 Å². The van der Waals surface area contributed by atoms with Crippen LogP contribution in [0, 0.1) is 11.6 Å². The fourth-order valence-corrected chi connectivity index (χ4v) is 1.14. The SMILES string of the molecule is O=C(Nc1ccon1)Nc1cc(F)ccc1F. The molecule has 0 spiro atoms. The second-order valence-electron chi connectivity index (χ2n) is 3.09. The largest absolute Gasteiger partial charge is 0.363 e. The quantitative estimate of drug-likeness (QED) is 0.846. The monoisotopic (exact) mass is 239 g/mol. The highest BCUT2D eigenvalue weighted by atomic mass is 19.1. The Labute approximate surface area is 94.4 Å². The average Bonchev–Trinajstić information content (AvgIpc) is 2.76. The van der Waals surface area contributed by atoms with E-state index in [4.69, 9.17) is 0 Å². The third-order valence-electron chi connectivity index (χ3n) is 1.86. The number of nitrogens with zero attached hydrogens (tertiary/aromatic N) is 1. The van der Waals surface area contributed by atoms with Crippen LogP contribution in [0.25, 0.3) is 0 Å². The first-order valence-electron chi connectivity index (χ1n) is 4.58. The second-order valence-corrected chi connectivity index (χ2v) is 3.09. The summed E-state index contributed by atoms with van der Waals surface area (Å²) in [7, 11) is 0. The number of carbonyl (C=O) groups excluding carboxylic acids is 1. The topological polar surface area (TPSA) is 67.2 Å². The molecular formula is C10H7F2N3O2. The molecule has 0 saturated heterocycles. The van der Waals surface area contributed by atoms with Gasteiger partial charge in [0.2, 0.25) is 0 Å². The normalized spacial score (nSPS) is 10.0. The minimum Gasteiger partial charge on any atom is -0.363 e. The first-order valence-corrected chi connectivity index (χ1v) is 4.58. The Balaban J connectivity index is 2.05. The van der Waals surface area contributed by atoms with Crippen LogP contribution in [0.3, 0.4) is 0 Å². The zero-order valence-corrected chi connectivity index (χ0v) is 8.41. The van der Waals surface area contributed by atoms with Gasteiger partial charge in [-0.25, -0.2) is 13.6 Å². The number of anilines is 2. The van der Waals surface area contributed by atoms with Gasteiger partial charge in [0.15, 0.2) is 5.82 Å².